The maximum atomic E-state index is 13.3. The summed E-state index contributed by atoms with van der Waals surface area (Å²) in [6.07, 6.45) is 5.33. The van der Waals surface area contributed by atoms with Crippen LogP contribution in [0.2, 0.25) is 0 Å². The average Bonchev–Trinajstić information content (AvgIpc) is 2.82. The summed E-state index contributed by atoms with van der Waals surface area (Å²) >= 11 is 3.31. The minimum absolute atomic E-state index is 0.169. The van der Waals surface area contributed by atoms with Gasteiger partial charge in [0.2, 0.25) is 0 Å². The van der Waals surface area contributed by atoms with Crippen molar-refractivity contribution in [2.75, 3.05) is 11.9 Å². The van der Waals surface area contributed by atoms with Crippen LogP contribution in [0.25, 0.3) is 10.9 Å². The summed E-state index contributed by atoms with van der Waals surface area (Å²) in [7, 11) is 0. The summed E-state index contributed by atoms with van der Waals surface area (Å²) in [5, 5.41) is 3.42. The van der Waals surface area contributed by atoms with E-state index in [2.05, 4.69) is 47.0 Å². The molecule has 1 unspecified atom stereocenters. The number of carbonyl (C=O) groups is 2. The molecule has 0 spiro atoms. The number of hydrogen-bond donors (Lipinski definition) is 1. The molecule has 33 heavy (non-hydrogen) atoms. The molecule has 0 saturated carbocycles. The molecule has 3 aromatic rings. The van der Waals surface area contributed by atoms with Crippen molar-refractivity contribution in [3.63, 3.8) is 0 Å². The lowest BCUT2D eigenvalue weighted by Crippen LogP contribution is -2.31. The molecule has 1 aliphatic rings. The minimum Gasteiger partial charge on any atom is -0.452 e. The van der Waals surface area contributed by atoms with Gasteiger partial charge in [0.1, 0.15) is 5.82 Å². The molecule has 0 bridgehead atoms. The number of aromatic nitrogens is 2. The average molecular weight is 510 g/mol. The Kier molecular flexibility index (Phi) is 6.79. The molecule has 7 heteroatoms. The van der Waals surface area contributed by atoms with Crippen LogP contribution in [0, 0.1) is 11.3 Å². The number of fused-ring (bicyclic) bond motifs is 2. The molecule has 1 amide bonds. The SMILES string of the molecule is CCC(C)(C)C1CCc2nc3ccccc3c(C(=O)OCC(=O)Nc3ccc(Br)cn3)c2C1. The number of halogens is 1. The van der Waals surface area contributed by atoms with E-state index in [9.17, 15) is 9.59 Å². The monoisotopic (exact) mass is 509 g/mol. The Labute approximate surface area is 202 Å². The van der Waals surface area contributed by atoms with Crippen LogP contribution in [-0.2, 0) is 22.4 Å². The molecule has 1 N–H and O–H groups in total. The first-order valence-electron chi connectivity index (χ1n) is 11.3. The van der Waals surface area contributed by atoms with E-state index in [0.29, 0.717) is 17.3 Å². The van der Waals surface area contributed by atoms with E-state index in [1.807, 2.05) is 24.3 Å². The van der Waals surface area contributed by atoms with E-state index in [0.717, 1.165) is 52.3 Å². The quantitative estimate of drug-likeness (QED) is 0.429. The Bertz CT molecular complexity index is 1190. The van der Waals surface area contributed by atoms with Crippen LogP contribution >= 0.6 is 15.9 Å². The summed E-state index contributed by atoms with van der Waals surface area (Å²) < 4.78 is 6.30. The predicted octanol–water partition coefficient (Wildman–Crippen LogP) is 5.73. The number of aryl methyl sites for hydroxylation is 1. The normalized spacial score (nSPS) is 15.7. The molecule has 172 valence electrons. The van der Waals surface area contributed by atoms with Gasteiger partial charge in [0, 0.05) is 21.7 Å². The highest BCUT2D eigenvalue weighted by Crippen LogP contribution is 2.41. The summed E-state index contributed by atoms with van der Waals surface area (Å²) in [6, 6.07) is 11.1. The maximum absolute atomic E-state index is 13.3. The Morgan fingerprint density at radius 3 is 2.73 bits per heavy atom. The fraction of sp³-hybridized carbons (Fsp3) is 0.385. The topological polar surface area (TPSA) is 81.2 Å². The molecule has 1 atom stereocenters. The van der Waals surface area contributed by atoms with E-state index in [1.54, 1.807) is 18.3 Å². The second-order valence-corrected chi connectivity index (χ2v) is 10.1. The first-order valence-corrected chi connectivity index (χ1v) is 12.1. The van der Waals surface area contributed by atoms with Gasteiger partial charge in [-0.1, -0.05) is 45.4 Å². The van der Waals surface area contributed by atoms with Crippen LogP contribution in [0.4, 0.5) is 5.82 Å². The number of para-hydroxylation sites is 1. The Morgan fingerprint density at radius 2 is 2.00 bits per heavy atom. The van der Waals surface area contributed by atoms with Crippen LogP contribution < -0.4 is 5.32 Å². The molecule has 6 nitrogen and oxygen atoms in total. The highest BCUT2D eigenvalue weighted by molar-refractivity contribution is 9.10. The third kappa shape index (κ3) is 5.08. The number of esters is 1. The van der Waals surface area contributed by atoms with Gasteiger partial charge in [-0.25, -0.2) is 9.78 Å². The van der Waals surface area contributed by atoms with Crippen molar-refractivity contribution in [1.82, 2.24) is 9.97 Å². The number of anilines is 1. The van der Waals surface area contributed by atoms with Crippen molar-refractivity contribution in [3.8, 4) is 0 Å². The summed E-state index contributed by atoms with van der Waals surface area (Å²) in [6.45, 7) is 6.40. The third-order valence-corrected chi connectivity index (χ3v) is 7.28. The summed E-state index contributed by atoms with van der Waals surface area (Å²) in [5.41, 5.74) is 3.42. The van der Waals surface area contributed by atoms with E-state index in [4.69, 9.17) is 9.72 Å². The first-order chi connectivity index (χ1) is 15.8. The fourth-order valence-corrected chi connectivity index (χ4v) is 4.64. The molecule has 1 aliphatic carbocycles. The van der Waals surface area contributed by atoms with Gasteiger partial charge >= 0.3 is 5.97 Å². The second kappa shape index (κ2) is 9.59. The van der Waals surface area contributed by atoms with Crippen LogP contribution in [0.3, 0.4) is 0 Å². The number of pyridine rings is 2. The van der Waals surface area contributed by atoms with Crippen LogP contribution in [0.5, 0.6) is 0 Å². The van der Waals surface area contributed by atoms with Gasteiger partial charge in [0.15, 0.2) is 6.61 Å². The Balaban J connectivity index is 1.59. The molecular weight excluding hydrogens is 482 g/mol. The third-order valence-electron chi connectivity index (χ3n) is 6.81. The number of nitrogens with zero attached hydrogens (tertiary/aromatic N) is 2. The molecule has 0 saturated heterocycles. The number of hydrogen-bond acceptors (Lipinski definition) is 5. The molecular formula is C26H28BrN3O3. The first kappa shape index (κ1) is 23.4. The van der Waals surface area contributed by atoms with Crippen molar-refractivity contribution in [2.24, 2.45) is 11.3 Å². The zero-order valence-corrected chi connectivity index (χ0v) is 20.7. The fourth-order valence-electron chi connectivity index (χ4n) is 4.41. The highest BCUT2D eigenvalue weighted by atomic mass is 79.9. The lowest BCUT2D eigenvalue weighted by Gasteiger charge is -2.37. The standard InChI is InChI=1S/C26H28BrN3O3/c1-4-26(2,3)16-9-11-21-19(13-16)24(18-7-5-6-8-20(18)29-21)25(32)33-15-23(31)30-22-12-10-17(27)14-28-22/h5-8,10,12,14,16H,4,9,11,13,15H2,1-3H3,(H,28,30,31). The van der Waals surface area contributed by atoms with Crippen LogP contribution in [-0.4, -0.2) is 28.5 Å². The minimum atomic E-state index is -0.487. The van der Waals surface area contributed by atoms with Gasteiger partial charge in [-0.15, -0.1) is 0 Å². The lowest BCUT2D eigenvalue weighted by atomic mass is 9.68. The van der Waals surface area contributed by atoms with Gasteiger partial charge < -0.3 is 10.1 Å². The van der Waals surface area contributed by atoms with Gasteiger partial charge in [0.25, 0.3) is 5.91 Å². The van der Waals surface area contributed by atoms with E-state index in [1.165, 1.54) is 0 Å². The molecule has 0 fully saturated rings. The smallest absolute Gasteiger partial charge is 0.339 e. The highest BCUT2D eigenvalue weighted by Gasteiger charge is 2.34. The number of amides is 1. The van der Waals surface area contributed by atoms with Gasteiger partial charge in [-0.2, -0.15) is 0 Å². The Morgan fingerprint density at radius 1 is 1.21 bits per heavy atom. The molecule has 2 aromatic heterocycles. The second-order valence-electron chi connectivity index (χ2n) is 9.20. The van der Waals surface area contributed by atoms with Crippen LogP contribution in [0.1, 0.15) is 55.2 Å². The van der Waals surface area contributed by atoms with E-state index < -0.39 is 11.9 Å². The molecule has 0 radical (unpaired) electrons. The van der Waals surface area contributed by atoms with Gasteiger partial charge in [0.05, 0.1) is 11.1 Å². The molecule has 0 aliphatic heterocycles. The van der Waals surface area contributed by atoms with Crippen LogP contribution in [0.15, 0.2) is 47.1 Å². The van der Waals surface area contributed by atoms with E-state index >= 15 is 0 Å². The number of nitrogens with one attached hydrogen (secondary N) is 1. The zero-order chi connectivity index (χ0) is 23.6. The molecule has 2 heterocycles. The summed E-state index contributed by atoms with van der Waals surface area (Å²) in [4.78, 5) is 34.6. The largest absolute Gasteiger partial charge is 0.452 e. The predicted molar refractivity (Wildman–Crippen MR) is 132 cm³/mol. The molecule has 1 aromatic carbocycles. The maximum Gasteiger partial charge on any atom is 0.339 e. The van der Waals surface area contributed by atoms with Gasteiger partial charge in [-0.3, -0.25) is 9.78 Å². The van der Waals surface area contributed by atoms with E-state index in [-0.39, 0.29) is 12.0 Å². The number of carbonyl (C=O) groups excluding carboxylic acids is 2. The van der Waals surface area contributed by atoms with Crippen molar-refractivity contribution in [1.29, 1.82) is 0 Å². The summed E-state index contributed by atoms with van der Waals surface area (Å²) in [5.74, 6) is -0.0685. The van der Waals surface area contributed by atoms with Crippen molar-refractivity contribution >= 4 is 44.5 Å². The van der Waals surface area contributed by atoms with Gasteiger partial charge in [-0.05, 0) is 70.3 Å². The number of benzene rings is 1. The lowest BCUT2D eigenvalue weighted by molar-refractivity contribution is -0.119. The van der Waals surface area contributed by atoms with Crippen molar-refractivity contribution in [2.45, 2.75) is 46.5 Å². The number of ether oxygens (including phenoxy) is 1. The Hall–Kier alpha value is -2.80. The van der Waals surface area contributed by atoms with Crippen molar-refractivity contribution < 1.29 is 14.3 Å². The van der Waals surface area contributed by atoms with Crippen molar-refractivity contribution in [3.05, 3.63) is 63.9 Å². The molecule has 4 rings (SSSR count). The zero-order valence-electron chi connectivity index (χ0n) is 19.2. The number of rotatable bonds is 6.